The first kappa shape index (κ1) is 34.8. The molecule has 262 valence electrons. The van der Waals surface area contributed by atoms with E-state index in [1.54, 1.807) is 6.20 Å². The maximum absolute atomic E-state index is 10.9. The van der Waals surface area contributed by atoms with Crippen LogP contribution in [0.15, 0.2) is 54.7 Å². The zero-order valence-electron chi connectivity index (χ0n) is 26.2. The summed E-state index contributed by atoms with van der Waals surface area (Å²) >= 11 is 0. The van der Waals surface area contributed by atoms with Gasteiger partial charge in [-0.15, -0.1) is 0 Å². The average Bonchev–Trinajstić information content (AvgIpc) is 3.57. The Balaban J connectivity index is 1.15. The molecule has 0 spiro atoms. The van der Waals surface area contributed by atoms with E-state index in [0.29, 0.717) is 17.9 Å². The van der Waals surface area contributed by atoms with E-state index in [1.165, 1.54) is 0 Å². The van der Waals surface area contributed by atoms with Gasteiger partial charge in [-0.1, -0.05) is 18.2 Å². The number of hydrogen-bond donors (Lipinski definition) is 8. The van der Waals surface area contributed by atoms with E-state index in [2.05, 4.69) is 10.3 Å². The summed E-state index contributed by atoms with van der Waals surface area (Å²) in [4.78, 5) is 4.38. The molecule has 1 unspecified atom stereocenters. The van der Waals surface area contributed by atoms with Gasteiger partial charge < -0.3 is 69.5 Å². The van der Waals surface area contributed by atoms with Gasteiger partial charge in [-0.25, -0.2) is 0 Å². The van der Waals surface area contributed by atoms with Crippen LogP contribution in [0.25, 0.3) is 10.9 Å². The summed E-state index contributed by atoms with van der Waals surface area (Å²) in [6.45, 7) is 1.36. The number of ether oxygens (including phenoxy) is 6. The summed E-state index contributed by atoms with van der Waals surface area (Å²) in [5, 5.41) is 76.7. The third-order valence-electron chi connectivity index (χ3n) is 8.87. The van der Waals surface area contributed by atoms with Crippen molar-refractivity contribution in [3.8, 4) is 11.5 Å². The lowest BCUT2D eigenvalue weighted by molar-refractivity contribution is -0.336. The number of nitrogens with one attached hydrogen (secondary N) is 1. The second kappa shape index (κ2) is 15.2. The number of aromatic nitrogens is 1. The maximum Gasteiger partial charge on any atom is 0.231 e. The minimum Gasteiger partial charge on any atom is -0.454 e. The van der Waals surface area contributed by atoms with E-state index in [1.807, 2.05) is 55.5 Å². The Bertz CT molecular complexity index is 1510. The average molecular weight is 675 g/mol. The van der Waals surface area contributed by atoms with Crippen LogP contribution in [0.5, 0.6) is 11.5 Å². The van der Waals surface area contributed by atoms with Gasteiger partial charge in [0.25, 0.3) is 0 Å². The molecule has 4 heterocycles. The third kappa shape index (κ3) is 7.57. The Labute approximate surface area is 276 Å². The van der Waals surface area contributed by atoms with E-state index >= 15 is 0 Å². The van der Waals surface area contributed by atoms with Crippen molar-refractivity contribution < 1.29 is 64.2 Å². The summed E-state index contributed by atoms with van der Waals surface area (Å²) < 4.78 is 34.1. The van der Waals surface area contributed by atoms with Crippen LogP contribution in [0.4, 0.5) is 0 Å². The summed E-state index contributed by atoms with van der Waals surface area (Å²) in [6.07, 6.45) is -13.6. The Hall–Kier alpha value is -3.03. The van der Waals surface area contributed by atoms with Gasteiger partial charge in [0.2, 0.25) is 6.79 Å². The van der Waals surface area contributed by atoms with Gasteiger partial charge in [-0.05, 0) is 54.8 Å². The van der Waals surface area contributed by atoms with Crippen molar-refractivity contribution in [1.82, 2.24) is 10.3 Å². The van der Waals surface area contributed by atoms with Gasteiger partial charge in [-0.3, -0.25) is 4.98 Å². The molecule has 15 heteroatoms. The molecule has 3 aliphatic heterocycles. The molecule has 0 radical (unpaired) electrons. The van der Waals surface area contributed by atoms with Crippen molar-refractivity contribution >= 4 is 10.9 Å². The summed E-state index contributed by atoms with van der Waals surface area (Å²) in [6, 6.07) is 15.1. The van der Waals surface area contributed by atoms with E-state index in [0.717, 1.165) is 22.0 Å². The fraction of sp³-hybridized carbons (Fsp3) is 0.545. The molecule has 6 rings (SSSR count). The highest BCUT2D eigenvalue weighted by Crippen LogP contribution is 2.33. The predicted octanol–water partition coefficient (Wildman–Crippen LogP) is -1.13. The van der Waals surface area contributed by atoms with E-state index in [9.17, 15) is 35.7 Å². The second-order valence-electron chi connectivity index (χ2n) is 12.3. The van der Waals surface area contributed by atoms with Crippen LogP contribution in [0.2, 0.25) is 0 Å². The number of aliphatic hydroxyl groups excluding tert-OH is 7. The molecular formula is C33H42N2O13. The van der Waals surface area contributed by atoms with Crippen molar-refractivity contribution in [3.05, 3.63) is 65.9 Å². The van der Waals surface area contributed by atoms with Crippen molar-refractivity contribution in [1.29, 1.82) is 0 Å². The summed E-state index contributed by atoms with van der Waals surface area (Å²) in [5.74, 6) is 1.40. The first-order valence-electron chi connectivity index (χ1n) is 15.9. The number of benzene rings is 2. The molecule has 0 saturated carbocycles. The van der Waals surface area contributed by atoms with Crippen LogP contribution in [-0.2, 0) is 25.4 Å². The SMILES string of the molecule is CC(Cc1ccc2c(c1)OCO2)NC[C@H](O[C@@H]1O[C@H](CO[C@@H]2O[C@H](CO)[C@@H](O)[C@H](O)[C@H]2O)[C@@H](O)[C@H](O)[C@H]1O)c1ccc2ncccc2c1. The molecule has 2 saturated heterocycles. The zero-order chi connectivity index (χ0) is 33.9. The Kier molecular flexibility index (Phi) is 11.1. The summed E-state index contributed by atoms with van der Waals surface area (Å²) in [5.41, 5.74) is 2.56. The lowest BCUT2D eigenvalue weighted by Gasteiger charge is -2.43. The monoisotopic (exact) mass is 674 g/mol. The number of hydrogen-bond acceptors (Lipinski definition) is 15. The quantitative estimate of drug-likeness (QED) is 0.114. The lowest BCUT2D eigenvalue weighted by Crippen LogP contribution is -2.62. The molecule has 0 bridgehead atoms. The largest absolute Gasteiger partial charge is 0.454 e. The highest BCUT2D eigenvalue weighted by molar-refractivity contribution is 5.79. The molecule has 3 aliphatic rings. The summed E-state index contributed by atoms with van der Waals surface area (Å²) in [7, 11) is 0. The predicted molar refractivity (Wildman–Crippen MR) is 166 cm³/mol. The molecule has 48 heavy (non-hydrogen) atoms. The van der Waals surface area contributed by atoms with Crippen molar-refractivity contribution in [2.45, 2.75) is 86.9 Å². The van der Waals surface area contributed by atoms with Crippen molar-refractivity contribution in [2.24, 2.45) is 0 Å². The van der Waals surface area contributed by atoms with Crippen LogP contribution >= 0.6 is 0 Å². The molecular weight excluding hydrogens is 632 g/mol. The minimum absolute atomic E-state index is 0.0251. The molecule has 8 N–H and O–H groups in total. The zero-order valence-corrected chi connectivity index (χ0v) is 26.2. The number of fused-ring (bicyclic) bond motifs is 2. The van der Waals surface area contributed by atoms with E-state index < -0.39 is 80.7 Å². The fourth-order valence-corrected chi connectivity index (χ4v) is 6.06. The van der Waals surface area contributed by atoms with Crippen LogP contribution in [0.1, 0.15) is 24.2 Å². The normalized spacial score (nSPS) is 33.1. The molecule has 0 aliphatic carbocycles. The first-order valence-corrected chi connectivity index (χ1v) is 15.9. The maximum atomic E-state index is 10.9. The number of nitrogens with zero attached hydrogens (tertiary/aromatic N) is 1. The fourth-order valence-electron chi connectivity index (χ4n) is 6.06. The molecule has 0 amide bonds. The topological polar surface area (TPSA) is 222 Å². The highest BCUT2D eigenvalue weighted by atomic mass is 16.7. The standard InChI is InChI=1S/C33H42N2O13/c1-16(9-17-4-7-21-22(10-17)45-15-44-21)35-12-23(19-5-6-20-18(11-19)3-2-8-34-20)46-33-31(42)29(40)27(38)25(48-33)14-43-32-30(41)28(39)26(37)24(13-36)47-32/h2-8,10-11,16,23-33,35-42H,9,12-15H2,1H3/t16?,23-,24+,25+,26+,27+,28-,29-,30+,31+,32+,33+/m0/s1. The highest BCUT2D eigenvalue weighted by Gasteiger charge is 2.48. The van der Waals surface area contributed by atoms with Crippen LogP contribution in [-0.4, -0.2) is 135 Å². The molecule has 1 aromatic heterocycles. The van der Waals surface area contributed by atoms with Gasteiger partial charge in [-0.2, -0.15) is 0 Å². The second-order valence-corrected chi connectivity index (χ2v) is 12.3. The Morgan fingerprint density at radius 1 is 0.833 bits per heavy atom. The molecule has 2 aromatic carbocycles. The van der Waals surface area contributed by atoms with Gasteiger partial charge >= 0.3 is 0 Å². The van der Waals surface area contributed by atoms with Crippen LogP contribution in [0, 0.1) is 0 Å². The molecule has 12 atom stereocenters. The minimum atomic E-state index is -1.69. The van der Waals surface area contributed by atoms with Gasteiger partial charge in [0, 0.05) is 24.2 Å². The number of pyridine rings is 1. The van der Waals surface area contributed by atoms with E-state index in [4.69, 9.17) is 28.4 Å². The first-order chi connectivity index (χ1) is 23.1. The lowest BCUT2D eigenvalue weighted by atomic mass is 9.98. The van der Waals surface area contributed by atoms with E-state index in [-0.39, 0.29) is 19.4 Å². The van der Waals surface area contributed by atoms with Crippen molar-refractivity contribution in [3.63, 3.8) is 0 Å². The van der Waals surface area contributed by atoms with Gasteiger partial charge in [0.1, 0.15) is 48.8 Å². The van der Waals surface area contributed by atoms with Crippen LogP contribution < -0.4 is 14.8 Å². The smallest absolute Gasteiger partial charge is 0.231 e. The van der Waals surface area contributed by atoms with Crippen molar-refractivity contribution in [2.75, 3.05) is 26.6 Å². The molecule has 2 fully saturated rings. The third-order valence-corrected chi connectivity index (χ3v) is 8.87. The van der Waals surface area contributed by atoms with Gasteiger partial charge in [0.15, 0.2) is 24.1 Å². The van der Waals surface area contributed by atoms with Crippen LogP contribution in [0.3, 0.4) is 0 Å². The number of rotatable bonds is 12. The Morgan fingerprint density at radius 3 is 2.35 bits per heavy atom. The molecule has 15 nitrogen and oxygen atoms in total. The number of aliphatic hydroxyl groups is 7. The van der Waals surface area contributed by atoms with Gasteiger partial charge in [0.05, 0.1) is 24.8 Å². The molecule has 3 aromatic rings. The Morgan fingerprint density at radius 2 is 1.56 bits per heavy atom.